The van der Waals surface area contributed by atoms with Crippen LogP contribution in [0.5, 0.6) is 0 Å². The average molecular weight is 460 g/mol. The molecule has 0 spiro atoms. The molecule has 0 fully saturated rings. The number of halogens is 2. The first-order valence-electron chi connectivity index (χ1n) is 7.76. The fourth-order valence-corrected chi connectivity index (χ4v) is 3.07. The van der Waals surface area contributed by atoms with E-state index in [9.17, 15) is 14.0 Å². The number of benzene rings is 3. The Morgan fingerprint density at radius 1 is 0.769 bits per heavy atom. The lowest BCUT2D eigenvalue weighted by Crippen LogP contribution is -2.17. The van der Waals surface area contributed by atoms with Gasteiger partial charge in [-0.05, 0) is 65.1 Å². The van der Waals surface area contributed by atoms with Crippen LogP contribution in [0.3, 0.4) is 0 Å². The van der Waals surface area contributed by atoms with Gasteiger partial charge in [-0.25, -0.2) is 4.39 Å². The number of anilines is 2. The lowest BCUT2D eigenvalue weighted by atomic mass is 10.2. The highest BCUT2D eigenvalue weighted by Crippen LogP contribution is 2.23. The molecule has 0 unspecified atom stereocenters. The predicted molar refractivity (Wildman–Crippen MR) is 108 cm³/mol. The number of hydrogen-bond donors (Lipinski definition) is 2. The molecule has 2 N–H and O–H groups in total. The van der Waals surface area contributed by atoms with Gasteiger partial charge in [-0.2, -0.15) is 0 Å². The van der Waals surface area contributed by atoms with Gasteiger partial charge in [0, 0.05) is 9.13 Å². The standard InChI is InChI=1S/C20H14FIN2O2/c21-14-10-11-15(16(22)12-14)20(26)24-18-9-5-4-8-17(18)23-19(25)13-6-2-1-3-7-13/h1-12H,(H,23,25)(H,24,26). The van der Waals surface area contributed by atoms with Crippen LogP contribution in [-0.2, 0) is 0 Å². The number of nitrogens with one attached hydrogen (secondary N) is 2. The summed E-state index contributed by atoms with van der Waals surface area (Å²) in [6, 6.07) is 19.7. The summed E-state index contributed by atoms with van der Waals surface area (Å²) in [6.45, 7) is 0. The second-order valence-electron chi connectivity index (χ2n) is 5.44. The van der Waals surface area contributed by atoms with E-state index in [1.54, 1.807) is 48.5 Å². The fraction of sp³-hybridized carbons (Fsp3) is 0. The molecular formula is C20H14FIN2O2. The van der Waals surface area contributed by atoms with Crippen LogP contribution in [0, 0.1) is 9.39 Å². The van der Waals surface area contributed by atoms with Gasteiger partial charge in [-0.1, -0.05) is 30.3 Å². The van der Waals surface area contributed by atoms with Crippen LogP contribution < -0.4 is 10.6 Å². The van der Waals surface area contributed by atoms with E-state index in [4.69, 9.17) is 0 Å². The molecule has 3 aromatic carbocycles. The molecule has 0 saturated heterocycles. The van der Waals surface area contributed by atoms with Gasteiger partial charge in [0.15, 0.2) is 0 Å². The lowest BCUT2D eigenvalue weighted by Gasteiger charge is -2.13. The molecule has 3 aromatic rings. The topological polar surface area (TPSA) is 58.2 Å². The average Bonchev–Trinajstić information content (AvgIpc) is 2.64. The SMILES string of the molecule is O=C(Nc1ccccc1NC(=O)c1ccc(F)cc1I)c1ccccc1. The van der Waals surface area contributed by atoms with Gasteiger partial charge in [-0.3, -0.25) is 9.59 Å². The Morgan fingerprint density at radius 2 is 1.35 bits per heavy atom. The number of rotatable bonds is 4. The van der Waals surface area contributed by atoms with Gasteiger partial charge >= 0.3 is 0 Å². The minimum absolute atomic E-state index is 0.274. The first kappa shape index (κ1) is 18.1. The quantitative estimate of drug-likeness (QED) is 0.543. The van der Waals surface area contributed by atoms with Crippen LogP contribution >= 0.6 is 22.6 Å². The van der Waals surface area contributed by atoms with Gasteiger partial charge in [-0.15, -0.1) is 0 Å². The molecule has 0 atom stereocenters. The molecule has 0 saturated carbocycles. The molecule has 0 aromatic heterocycles. The summed E-state index contributed by atoms with van der Waals surface area (Å²) >= 11 is 1.91. The third-order valence-electron chi connectivity index (χ3n) is 3.64. The highest BCUT2D eigenvalue weighted by atomic mass is 127. The first-order chi connectivity index (χ1) is 12.5. The summed E-state index contributed by atoms with van der Waals surface area (Å²) in [6.07, 6.45) is 0. The summed E-state index contributed by atoms with van der Waals surface area (Å²) in [5, 5.41) is 5.55. The van der Waals surface area contributed by atoms with Crippen molar-refractivity contribution in [2.75, 3.05) is 10.6 Å². The molecule has 3 rings (SSSR count). The zero-order chi connectivity index (χ0) is 18.5. The summed E-state index contributed by atoms with van der Waals surface area (Å²) in [5.41, 5.74) is 1.81. The number of amides is 2. The number of para-hydroxylation sites is 2. The van der Waals surface area contributed by atoms with Crippen molar-refractivity contribution in [2.24, 2.45) is 0 Å². The molecule has 130 valence electrons. The van der Waals surface area contributed by atoms with Crippen molar-refractivity contribution in [3.05, 3.63) is 93.3 Å². The molecule has 0 aliphatic heterocycles. The molecular weight excluding hydrogens is 446 g/mol. The first-order valence-corrected chi connectivity index (χ1v) is 8.84. The maximum atomic E-state index is 13.2. The Labute approximate surface area is 163 Å². The zero-order valence-electron chi connectivity index (χ0n) is 13.5. The van der Waals surface area contributed by atoms with Crippen LogP contribution in [0.25, 0.3) is 0 Å². The van der Waals surface area contributed by atoms with E-state index in [1.807, 2.05) is 28.7 Å². The van der Waals surface area contributed by atoms with Crippen LogP contribution in [0.1, 0.15) is 20.7 Å². The molecule has 0 aliphatic rings. The van der Waals surface area contributed by atoms with Crippen LogP contribution in [0.4, 0.5) is 15.8 Å². The maximum absolute atomic E-state index is 13.2. The largest absolute Gasteiger partial charge is 0.320 e. The summed E-state index contributed by atoms with van der Waals surface area (Å²) in [7, 11) is 0. The summed E-state index contributed by atoms with van der Waals surface area (Å²) in [5.74, 6) is -1.05. The number of carbonyl (C=O) groups excluding carboxylic acids is 2. The second kappa shape index (κ2) is 8.09. The van der Waals surface area contributed by atoms with Crippen LogP contribution in [0.15, 0.2) is 72.8 Å². The van der Waals surface area contributed by atoms with Gasteiger partial charge in [0.1, 0.15) is 5.82 Å². The third-order valence-corrected chi connectivity index (χ3v) is 4.53. The second-order valence-corrected chi connectivity index (χ2v) is 6.61. The van der Waals surface area contributed by atoms with E-state index in [1.165, 1.54) is 18.2 Å². The fourth-order valence-electron chi connectivity index (χ4n) is 2.35. The van der Waals surface area contributed by atoms with Gasteiger partial charge in [0.2, 0.25) is 0 Å². The normalized spacial score (nSPS) is 10.2. The smallest absolute Gasteiger partial charge is 0.256 e. The minimum atomic E-state index is -0.401. The predicted octanol–water partition coefficient (Wildman–Crippen LogP) is 4.93. The van der Waals surface area contributed by atoms with E-state index in [-0.39, 0.29) is 11.8 Å². The van der Waals surface area contributed by atoms with E-state index >= 15 is 0 Å². The van der Waals surface area contributed by atoms with E-state index in [2.05, 4.69) is 10.6 Å². The van der Waals surface area contributed by atoms with E-state index < -0.39 is 5.82 Å². The lowest BCUT2D eigenvalue weighted by molar-refractivity contribution is 0.101. The van der Waals surface area contributed by atoms with Crippen LogP contribution in [-0.4, -0.2) is 11.8 Å². The van der Waals surface area contributed by atoms with Crippen molar-refractivity contribution in [3.63, 3.8) is 0 Å². The van der Waals surface area contributed by atoms with Crippen molar-refractivity contribution < 1.29 is 14.0 Å². The molecule has 0 heterocycles. The highest BCUT2D eigenvalue weighted by Gasteiger charge is 2.14. The molecule has 0 aliphatic carbocycles. The highest BCUT2D eigenvalue weighted by molar-refractivity contribution is 14.1. The van der Waals surface area contributed by atoms with E-state index in [0.29, 0.717) is 26.1 Å². The summed E-state index contributed by atoms with van der Waals surface area (Å²) < 4.78 is 13.7. The van der Waals surface area contributed by atoms with Gasteiger partial charge in [0.05, 0.1) is 16.9 Å². The Morgan fingerprint density at radius 3 is 1.96 bits per heavy atom. The third kappa shape index (κ3) is 4.26. The van der Waals surface area contributed by atoms with Crippen molar-refractivity contribution >= 4 is 45.8 Å². The van der Waals surface area contributed by atoms with Gasteiger partial charge < -0.3 is 10.6 Å². The van der Waals surface area contributed by atoms with Crippen LogP contribution in [0.2, 0.25) is 0 Å². The van der Waals surface area contributed by atoms with Crippen molar-refractivity contribution in [3.8, 4) is 0 Å². The number of carbonyl (C=O) groups is 2. The molecule has 26 heavy (non-hydrogen) atoms. The maximum Gasteiger partial charge on any atom is 0.256 e. The Balaban J connectivity index is 1.81. The van der Waals surface area contributed by atoms with Gasteiger partial charge in [0.25, 0.3) is 11.8 Å². The molecule has 0 radical (unpaired) electrons. The Kier molecular flexibility index (Phi) is 5.62. The molecule has 4 nitrogen and oxygen atoms in total. The zero-order valence-corrected chi connectivity index (χ0v) is 15.7. The van der Waals surface area contributed by atoms with Crippen molar-refractivity contribution in [1.82, 2.24) is 0 Å². The van der Waals surface area contributed by atoms with E-state index in [0.717, 1.165) is 0 Å². The summed E-state index contributed by atoms with van der Waals surface area (Å²) in [4.78, 5) is 24.9. The molecule has 0 bridgehead atoms. The minimum Gasteiger partial charge on any atom is -0.320 e. The molecule has 6 heteroatoms. The number of hydrogen-bond acceptors (Lipinski definition) is 2. The van der Waals surface area contributed by atoms with Crippen molar-refractivity contribution in [1.29, 1.82) is 0 Å². The Hall–Kier alpha value is -2.74. The molecule has 2 amide bonds. The monoisotopic (exact) mass is 460 g/mol. The Bertz CT molecular complexity index is 961. The van der Waals surface area contributed by atoms with Crippen molar-refractivity contribution in [2.45, 2.75) is 0 Å².